The largest absolute Gasteiger partial charge is 0.347 e. The molecule has 0 amide bonds. The van der Waals surface area contributed by atoms with Crippen LogP contribution >= 0.6 is 0 Å². The molecule has 1 fully saturated rings. The summed E-state index contributed by atoms with van der Waals surface area (Å²) in [5.74, 6) is 1.93. The Balaban J connectivity index is 2.00. The summed E-state index contributed by atoms with van der Waals surface area (Å²) in [7, 11) is 0. The maximum Gasteiger partial charge on any atom is 0.123 e. The lowest BCUT2D eigenvalue weighted by molar-refractivity contribution is 0.134. The second-order valence-corrected chi connectivity index (χ2v) is 4.39. The van der Waals surface area contributed by atoms with Crippen molar-refractivity contribution in [3.63, 3.8) is 0 Å². The summed E-state index contributed by atoms with van der Waals surface area (Å²) in [5, 5.41) is 0. The number of aromatic nitrogens is 2. The van der Waals surface area contributed by atoms with E-state index in [0.717, 1.165) is 11.7 Å². The summed E-state index contributed by atoms with van der Waals surface area (Å²) in [4.78, 5) is 10.0. The van der Waals surface area contributed by atoms with Gasteiger partial charge in [-0.1, -0.05) is 6.92 Å². The van der Waals surface area contributed by atoms with Gasteiger partial charge in [0.15, 0.2) is 0 Å². The van der Waals surface area contributed by atoms with Gasteiger partial charge in [0, 0.05) is 18.9 Å². The van der Waals surface area contributed by atoms with Crippen molar-refractivity contribution in [3.8, 4) is 0 Å². The topological polar surface area (TPSA) is 31.9 Å². The molecule has 0 spiro atoms. The maximum atomic E-state index is 4.32. The van der Waals surface area contributed by atoms with Crippen LogP contribution in [0, 0.1) is 5.92 Å². The summed E-state index contributed by atoms with van der Waals surface area (Å²) in [5.41, 5.74) is 0. The van der Waals surface area contributed by atoms with Crippen LogP contribution in [0.25, 0.3) is 0 Å². The number of nitrogens with one attached hydrogen (secondary N) is 1. The number of hydrogen-bond donors (Lipinski definition) is 1. The molecule has 1 aliphatic rings. The lowest BCUT2D eigenvalue weighted by Gasteiger charge is -2.34. The maximum absolute atomic E-state index is 4.32. The average molecular weight is 193 g/mol. The molecule has 0 radical (unpaired) electrons. The summed E-state index contributed by atoms with van der Waals surface area (Å²) in [6.45, 7) is 6.99. The van der Waals surface area contributed by atoms with Crippen molar-refractivity contribution in [1.82, 2.24) is 14.9 Å². The summed E-state index contributed by atoms with van der Waals surface area (Å²) in [6, 6.07) is 0.438. The van der Waals surface area contributed by atoms with Gasteiger partial charge >= 0.3 is 0 Å². The van der Waals surface area contributed by atoms with Crippen molar-refractivity contribution in [2.24, 2.45) is 5.92 Å². The van der Waals surface area contributed by atoms with Crippen molar-refractivity contribution in [1.29, 1.82) is 0 Å². The van der Waals surface area contributed by atoms with E-state index in [1.165, 1.54) is 25.9 Å². The summed E-state index contributed by atoms with van der Waals surface area (Å²) >= 11 is 0. The minimum atomic E-state index is 0.438. The third kappa shape index (κ3) is 1.98. The summed E-state index contributed by atoms with van der Waals surface area (Å²) in [6.07, 6.45) is 6.44. The molecule has 0 bridgehead atoms. The summed E-state index contributed by atoms with van der Waals surface area (Å²) < 4.78 is 0. The van der Waals surface area contributed by atoms with Crippen LogP contribution in [0.5, 0.6) is 0 Å². The molecular weight excluding hydrogens is 174 g/mol. The second-order valence-electron chi connectivity index (χ2n) is 4.39. The highest BCUT2D eigenvalue weighted by Gasteiger charge is 2.22. The third-order valence-corrected chi connectivity index (χ3v) is 3.15. The first kappa shape index (κ1) is 9.71. The average Bonchev–Trinajstić information content (AvgIpc) is 2.69. The van der Waals surface area contributed by atoms with Crippen LogP contribution in [0.4, 0.5) is 0 Å². The molecule has 1 aromatic rings. The molecule has 0 aromatic carbocycles. The van der Waals surface area contributed by atoms with Gasteiger partial charge < -0.3 is 4.98 Å². The minimum Gasteiger partial charge on any atom is -0.347 e. The quantitative estimate of drug-likeness (QED) is 0.781. The Bertz CT molecular complexity index is 268. The molecule has 1 aliphatic heterocycles. The van der Waals surface area contributed by atoms with Gasteiger partial charge in [-0.3, -0.25) is 4.90 Å². The Hall–Kier alpha value is -0.830. The first-order chi connectivity index (χ1) is 6.77. The van der Waals surface area contributed by atoms with E-state index < -0.39 is 0 Å². The van der Waals surface area contributed by atoms with E-state index in [0.29, 0.717) is 6.04 Å². The number of rotatable bonds is 2. The van der Waals surface area contributed by atoms with E-state index >= 15 is 0 Å². The highest BCUT2D eigenvalue weighted by atomic mass is 15.2. The Kier molecular flexibility index (Phi) is 2.87. The van der Waals surface area contributed by atoms with Gasteiger partial charge in [-0.2, -0.15) is 0 Å². The lowest BCUT2D eigenvalue weighted by Crippen LogP contribution is -2.36. The smallest absolute Gasteiger partial charge is 0.123 e. The number of aromatic amines is 1. The number of H-pyrrole nitrogens is 1. The van der Waals surface area contributed by atoms with Crippen LogP contribution in [-0.2, 0) is 0 Å². The van der Waals surface area contributed by atoms with E-state index in [1.54, 1.807) is 0 Å². The molecule has 0 saturated carbocycles. The highest BCUT2D eigenvalue weighted by Crippen LogP contribution is 2.24. The monoisotopic (exact) mass is 193 g/mol. The van der Waals surface area contributed by atoms with Crippen molar-refractivity contribution >= 4 is 0 Å². The first-order valence-corrected chi connectivity index (χ1v) is 5.50. The zero-order valence-electron chi connectivity index (χ0n) is 9.03. The van der Waals surface area contributed by atoms with Crippen LogP contribution in [0.15, 0.2) is 12.4 Å². The molecule has 1 aromatic heterocycles. The molecule has 0 aliphatic carbocycles. The molecule has 14 heavy (non-hydrogen) atoms. The van der Waals surface area contributed by atoms with Gasteiger partial charge in [0.05, 0.1) is 6.04 Å². The zero-order chi connectivity index (χ0) is 9.97. The molecule has 2 heterocycles. The normalized spacial score (nSPS) is 26.3. The van der Waals surface area contributed by atoms with Crippen molar-refractivity contribution < 1.29 is 0 Å². The fraction of sp³-hybridized carbons (Fsp3) is 0.727. The predicted octanol–water partition coefficient (Wildman–Crippen LogP) is 2.20. The fourth-order valence-electron chi connectivity index (χ4n) is 2.26. The van der Waals surface area contributed by atoms with Crippen LogP contribution in [-0.4, -0.2) is 28.0 Å². The minimum absolute atomic E-state index is 0.438. The van der Waals surface area contributed by atoms with Gasteiger partial charge in [-0.25, -0.2) is 4.98 Å². The van der Waals surface area contributed by atoms with Crippen LogP contribution in [0.3, 0.4) is 0 Å². The number of imidazole rings is 1. The highest BCUT2D eigenvalue weighted by molar-refractivity contribution is 4.95. The predicted molar refractivity (Wildman–Crippen MR) is 57.0 cm³/mol. The molecular formula is C11H19N3. The molecule has 1 N–H and O–H groups in total. The van der Waals surface area contributed by atoms with E-state index in [1.807, 2.05) is 12.4 Å². The molecule has 2 rings (SSSR count). The van der Waals surface area contributed by atoms with Crippen molar-refractivity contribution in [3.05, 3.63) is 18.2 Å². The van der Waals surface area contributed by atoms with Crippen molar-refractivity contribution in [2.75, 3.05) is 13.1 Å². The van der Waals surface area contributed by atoms with Crippen LogP contribution < -0.4 is 0 Å². The molecule has 1 saturated heterocycles. The van der Waals surface area contributed by atoms with E-state index in [4.69, 9.17) is 0 Å². The SMILES string of the molecule is CC1CCCN(C(C)c2ncc[nH]2)C1. The van der Waals surface area contributed by atoms with Crippen LogP contribution in [0.1, 0.15) is 38.6 Å². The number of likely N-dealkylation sites (tertiary alicyclic amines) is 1. The number of nitrogens with zero attached hydrogens (tertiary/aromatic N) is 2. The van der Waals surface area contributed by atoms with Crippen LogP contribution in [0.2, 0.25) is 0 Å². The zero-order valence-corrected chi connectivity index (χ0v) is 9.03. The standard InChI is InChI=1S/C11H19N3/c1-9-4-3-7-14(8-9)10(2)11-12-5-6-13-11/h5-6,9-10H,3-4,7-8H2,1-2H3,(H,12,13). The molecule has 3 nitrogen and oxygen atoms in total. The molecule has 3 heteroatoms. The lowest BCUT2D eigenvalue weighted by atomic mass is 9.99. The number of hydrogen-bond acceptors (Lipinski definition) is 2. The fourth-order valence-corrected chi connectivity index (χ4v) is 2.26. The van der Waals surface area contributed by atoms with Gasteiger partial charge in [0.25, 0.3) is 0 Å². The molecule has 78 valence electrons. The Labute approximate surface area is 85.5 Å². The van der Waals surface area contributed by atoms with Gasteiger partial charge in [-0.15, -0.1) is 0 Å². The van der Waals surface area contributed by atoms with E-state index in [9.17, 15) is 0 Å². The molecule has 2 unspecified atom stereocenters. The first-order valence-electron chi connectivity index (χ1n) is 5.50. The second kappa shape index (κ2) is 4.13. The van der Waals surface area contributed by atoms with Crippen molar-refractivity contribution in [2.45, 2.75) is 32.7 Å². The third-order valence-electron chi connectivity index (χ3n) is 3.15. The van der Waals surface area contributed by atoms with E-state index in [-0.39, 0.29) is 0 Å². The Morgan fingerprint density at radius 2 is 2.50 bits per heavy atom. The van der Waals surface area contributed by atoms with Gasteiger partial charge in [-0.05, 0) is 32.2 Å². The Morgan fingerprint density at radius 1 is 1.64 bits per heavy atom. The van der Waals surface area contributed by atoms with Gasteiger partial charge in [0.1, 0.15) is 5.82 Å². The molecule has 2 atom stereocenters. The number of piperidine rings is 1. The van der Waals surface area contributed by atoms with Gasteiger partial charge in [0.2, 0.25) is 0 Å². The Morgan fingerprint density at radius 3 is 3.14 bits per heavy atom. The van der Waals surface area contributed by atoms with E-state index in [2.05, 4.69) is 28.7 Å².